The number of benzene rings is 1. The quantitative estimate of drug-likeness (QED) is 0.924. The summed E-state index contributed by atoms with van der Waals surface area (Å²) in [6.07, 6.45) is 0.561. The summed E-state index contributed by atoms with van der Waals surface area (Å²) in [7, 11) is 0. The summed E-state index contributed by atoms with van der Waals surface area (Å²) in [5.41, 5.74) is 4.37. The lowest BCUT2D eigenvalue weighted by Gasteiger charge is -2.13. The fraction of sp³-hybridized carbons (Fsp3) is 0.375. The van der Waals surface area contributed by atoms with Crippen LogP contribution in [0.3, 0.4) is 0 Å². The second-order valence-corrected chi connectivity index (χ2v) is 6.40. The van der Waals surface area contributed by atoms with Crippen LogP contribution < -0.4 is 5.32 Å². The van der Waals surface area contributed by atoms with Gasteiger partial charge in [-0.1, -0.05) is 43.1 Å². The lowest BCUT2D eigenvalue weighted by Crippen LogP contribution is -2.08. The zero-order chi connectivity index (χ0) is 15.0. The van der Waals surface area contributed by atoms with E-state index < -0.39 is 0 Å². The molecule has 5 heteroatoms. The summed E-state index contributed by atoms with van der Waals surface area (Å²) < 4.78 is 0. The van der Waals surface area contributed by atoms with Crippen LogP contribution >= 0.6 is 23.2 Å². The van der Waals surface area contributed by atoms with E-state index in [9.17, 15) is 0 Å². The molecule has 2 heterocycles. The lowest BCUT2D eigenvalue weighted by molar-refractivity contribution is 0.745. The SMILES string of the molecule is CC(C)c1nc(Cc2c(Cl)cccc2Cl)nc2c1CNC2. The number of nitrogens with one attached hydrogen (secondary N) is 1. The minimum atomic E-state index is 0.377. The Balaban J connectivity index is 2.02. The van der Waals surface area contributed by atoms with Crippen molar-refractivity contribution in [1.29, 1.82) is 0 Å². The first kappa shape index (κ1) is 14.8. The Morgan fingerprint density at radius 3 is 2.52 bits per heavy atom. The fourth-order valence-electron chi connectivity index (χ4n) is 2.66. The monoisotopic (exact) mass is 321 g/mol. The molecule has 0 amide bonds. The first-order chi connectivity index (χ1) is 10.1. The van der Waals surface area contributed by atoms with Crippen LogP contribution in [-0.2, 0) is 19.5 Å². The minimum Gasteiger partial charge on any atom is -0.307 e. The van der Waals surface area contributed by atoms with Gasteiger partial charge in [0.25, 0.3) is 0 Å². The van der Waals surface area contributed by atoms with Gasteiger partial charge < -0.3 is 5.32 Å². The number of hydrogen-bond acceptors (Lipinski definition) is 3. The van der Waals surface area contributed by atoms with E-state index in [4.69, 9.17) is 28.2 Å². The van der Waals surface area contributed by atoms with Gasteiger partial charge in [-0.2, -0.15) is 0 Å². The summed E-state index contributed by atoms with van der Waals surface area (Å²) >= 11 is 12.5. The van der Waals surface area contributed by atoms with Crippen molar-refractivity contribution >= 4 is 23.2 Å². The molecule has 0 saturated carbocycles. The van der Waals surface area contributed by atoms with Gasteiger partial charge in [-0.15, -0.1) is 0 Å². The molecule has 0 bridgehead atoms. The molecule has 1 aliphatic heterocycles. The molecular formula is C16H17Cl2N3. The molecule has 0 aliphatic carbocycles. The third-order valence-electron chi connectivity index (χ3n) is 3.71. The average molecular weight is 322 g/mol. The summed E-state index contributed by atoms with van der Waals surface area (Å²) in [4.78, 5) is 9.44. The zero-order valence-corrected chi connectivity index (χ0v) is 13.6. The topological polar surface area (TPSA) is 37.8 Å². The average Bonchev–Trinajstić information content (AvgIpc) is 2.90. The number of halogens is 2. The Kier molecular flexibility index (Phi) is 4.16. The highest BCUT2D eigenvalue weighted by Crippen LogP contribution is 2.28. The normalized spacial score (nSPS) is 13.8. The van der Waals surface area contributed by atoms with E-state index in [-0.39, 0.29) is 0 Å². The van der Waals surface area contributed by atoms with Gasteiger partial charge >= 0.3 is 0 Å². The third kappa shape index (κ3) is 2.91. The van der Waals surface area contributed by atoms with E-state index in [0.717, 1.165) is 35.9 Å². The molecular weight excluding hydrogens is 305 g/mol. The van der Waals surface area contributed by atoms with E-state index in [1.54, 1.807) is 0 Å². The molecule has 21 heavy (non-hydrogen) atoms. The van der Waals surface area contributed by atoms with Crippen LogP contribution in [0, 0.1) is 0 Å². The molecule has 0 saturated heterocycles. The molecule has 0 spiro atoms. The van der Waals surface area contributed by atoms with Crippen LogP contribution in [0.1, 0.15) is 48.1 Å². The molecule has 1 N–H and O–H groups in total. The maximum atomic E-state index is 6.25. The smallest absolute Gasteiger partial charge is 0.133 e. The molecule has 0 radical (unpaired) electrons. The highest BCUT2D eigenvalue weighted by Gasteiger charge is 2.21. The third-order valence-corrected chi connectivity index (χ3v) is 4.42. The Bertz CT molecular complexity index is 663. The van der Waals surface area contributed by atoms with Crippen molar-refractivity contribution in [3.05, 3.63) is 56.6 Å². The van der Waals surface area contributed by atoms with E-state index in [2.05, 4.69) is 24.1 Å². The highest BCUT2D eigenvalue weighted by molar-refractivity contribution is 6.36. The van der Waals surface area contributed by atoms with Gasteiger partial charge in [-0.05, 0) is 23.6 Å². The predicted octanol–water partition coefficient (Wildman–Crippen LogP) is 4.10. The Morgan fingerprint density at radius 2 is 1.86 bits per heavy atom. The van der Waals surface area contributed by atoms with Crippen LogP contribution in [0.15, 0.2) is 18.2 Å². The first-order valence-electron chi connectivity index (χ1n) is 7.08. The summed E-state index contributed by atoms with van der Waals surface area (Å²) in [5.74, 6) is 1.17. The maximum absolute atomic E-state index is 6.25. The summed E-state index contributed by atoms with van der Waals surface area (Å²) in [5, 5.41) is 4.67. The number of aromatic nitrogens is 2. The van der Waals surface area contributed by atoms with Gasteiger partial charge in [-0.25, -0.2) is 9.97 Å². The summed E-state index contributed by atoms with van der Waals surface area (Å²) in [6.45, 7) is 5.98. The molecule has 3 rings (SSSR count). The van der Waals surface area contributed by atoms with Crippen molar-refractivity contribution in [2.45, 2.75) is 39.3 Å². The van der Waals surface area contributed by atoms with Crippen molar-refractivity contribution < 1.29 is 0 Å². The van der Waals surface area contributed by atoms with Crippen LogP contribution in [0.5, 0.6) is 0 Å². The number of rotatable bonds is 3. The predicted molar refractivity (Wildman–Crippen MR) is 85.9 cm³/mol. The van der Waals surface area contributed by atoms with Gasteiger partial charge in [0.2, 0.25) is 0 Å². The van der Waals surface area contributed by atoms with Crippen molar-refractivity contribution in [2.75, 3.05) is 0 Å². The second kappa shape index (κ2) is 5.91. The minimum absolute atomic E-state index is 0.377. The molecule has 110 valence electrons. The van der Waals surface area contributed by atoms with E-state index in [0.29, 0.717) is 22.4 Å². The molecule has 2 aromatic rings. The van der Waals surface area contributed by atoms with Crippen LogP contribution in [0.4, 0.5) is 0 Å². The van der Waals surface area contributed by atoms with Gasteiger partial charge in [0.15, 0.2) is 0 Å². The van der Waals surface area contributed by atoms with Crippen LogP contribution in [0.25, 0.3) is 0 Å². The molecule has 1 aliphatic rings. The van der Waals surface area contributed by atoms with Crippen molar-refractivity contribution in [1.82, 2.24) is 15.3 Å². The largest absolute Gasteiger partial charge is 0.307 e. The van der Waals surface area contributed by atoms with Gasteiger partial charge in [0.1, 0.15) is 5.82 Å². The molecule has 1 aromatic heterocycles. The number of fused-ring (bicyclic) bond motifs is 1. The highest BCUT2D eigenvalue weighted by atomic mass is 35.5. The standard InChI is InChI=1S/C16H17Cl2N3/c1-9(2)16-11-7-19-8-14(11)20-15(21-16)6-10-12(17)4-3-5-13(10)18/h3-5,9,19H,6-8H2,1-2H3. The van der Waals surface area contributed by atoms with Crippen LogP contribution in [-0.4, -0.2) is 9.97 Å². The van der Waals surface area contributed by atoms with E-state index in [1.807, 2.05) is 18.2 Å². The number of nitrogens with zero attached hydrogens (tertiary/aromatic N) is 2. The van der Waals surface area contributed by atoms with Crippen molar-refractivity contribution in [3.63, 3.8) is 0 Å². The van der Waals surface area contributed by atoms with Gasteiger partial charge in [0, 0.05) is 35.1 Å². The molecule has 1 aromatic carbocycles. The fourth-order valence-corrected chi connectivity index (χ4v) is 3.19. The molecule has 0 fully saturated rings. The second-order valence-electron chi connectivity index (χ2n) is 5.59. The first-order valence-corrected chi connectivity index (χ1v) is 7.84. The van der Waals surface area contributed by atoms with Gasteiger partial charge in [0.05, 0.1) is 11.4 Å². The van der Waals surface area contributed by atoms with Crippen LogP contribution in [0.2, 0.25) is 10.0 Å². The van der Waals surface area contributed by atoms with Crippen molar-refractivity contribution in [2.24, 2.45) is 0 Å². The zero-order valence-electron chi connectivity index (χ0n) is 12.1. The van der Waals surface area contributed by atoms with Crippen molar-refractivity contribution in [3.8, 4) is 0 Å². The molecule has 0 atom stereocenters. The molecule has 3 nitrogen and oxygen atoms in total. The Hall–Kier alpha value is -1.16. The Labute approximate surface area is 134 Å². The Morgan fingerprint density at radius 1 is 1.14 bits per heavy atom. The van der Waals surface area contributed by atoms with Gasteiger partial charge in [-0.3, -0.25) is 0 Å². The van der Waals surface area contributed by atoms with E-state index in [1.165, 1.54) is 5.56 Å². The lowest BCUT2D eigenvalue weighted by atomic mass is 10.0. The number of hydrogen-bond donors (Lipinski definition) is 1. The van der Waals surface area contributed by atoms with E-state index >= 15 is 0 Å². The molecule has 0 unspecified atom stereocenters. The summed E-state index contributed by atoms with van der Waals surface area (Å²) in [6, 6.07) is 5.54. The maximum Gasteiger partial charge on any atom is 0.133 e.